The van der Waals surface area contributed by atoms with Crippen molar-refractivity contribution in [3.63, 3.8) is 0 Å². The van der Waals surface area contributed by atoms with E-state index in [-0.39, 0.29) is 17.9 Å². The SMILES string of the molecule is COc1cc(NC(=O)CCc2c(C)nc(C)[nH]c2=O)cc(OC)c1. The van der Waals surface area contributed by atoms with Crippen molar-refractivity contribution in [1.82, 2.24) is 9.97 Å². The number of H-pyrrole nitrogens is 1. The van der Waals surface area contributed by atoms with E-state index in [1.165, 1.54) is 0 Å². The van der Waals surface area contributed by atoms with E-state index in [1.54, 1.807) is 46.3 Å². The molecule has 0 unspecified atom stereocenters. The Morgan fingerprint density at radius 1 is 1.17 bits per heavy atom. The van der Waals surface area contributed by atoms with E-state index < -0.39 is 0 Å². The van der Waals surface area contributed by atoms with Gasteiger partial charge in [0.1, 0.15) is 17.3 Å². The maximum atomic E-state index is 12.1. The monoisotopic (exact) mass is 331 g/mol. The summed E-state index contributed by atoms with van der Waals surface area (Å²) >= 11 is 0. The Morgan fingerprint density at radius 2 is 1.79 bits per heavy atom. The average Bonchev–Trinajstić information content (AvgIpc) is 2.53. The number of hydrogen-bond acceptors (Lipinski definition) is 5. The quantitative estimate of drug-likeness (QED) is 0.844. The zero-order chi connectivity index (χ0) is 17.7. The lowest BCUT2D eigenvalue weighted by Gasteiger charge is -2.10. The molecule has 0 aliphatic carbocycles. The molecule has 24 heavy (non-hydrogen) atoms. The number of aryl methyl sites for hydroxylation is 2. The van der Waals surface area contributed by atoms with Gasteiger partial charge in [-0.2, -0.15) is 0 Å². The average molecular weight is 331 g/mol. The van der Waals surface area contributed by atoms with E-state index in [9.17, 15) is 9.59 Å². The van der Waals surface area contributed by atoms with Gasteiger partial charge in [-0.05, 0) is 20.3 Å². The van der Waals surface area contributed by atoms with E-state index in [0.29, 0.717) is 40.7 Å². The van der Waals surface area contributed by atoms with E-state index in [0.717, 1.165) is 0 Å². The molecular formula is C17H21N3O4. The van der Waals surface area contributed by atoms with Crippen molar-refractivity contribution in [3.8, 4) is 11.5 Å². The van der Waals surface area contributed by atoms with Crippen molar-refractivity contribution in [3.05, 3.63) is 45.6 Å². The number of aromatic amines is 1. The largest absolute Gasteiger partial charge is 0.497 e. The second-order valence-corrected chi connectivity index (χ2v) is 5.36. The number of anilines is 1. The molecule has 1 aromatic heterocycles. The van der Waals surface area contributed by atoms with Crippen molar-refractivity contribution in [2.75, 3.05) is 19.5 Å². The Labute approximate surface area is 140 Å². The van der Waals surface area contributed by atoms with Gasteiger partial charge in [0.2, 0.25) is 5.91 Å². The van der Waals surface area contributed by atoms with Crippen LogP contribution in [0.4, 0.5) is 5.69 Å². The van der Waals surface area contributed by atoms with Crippen molar-refractivity contribution in [2.24, 2.45) is 0 Å². The first-order valence-electron chi connectivity index (χ1n) is 7.52. The molecule has 0 bridgehead atoms. The highest BCUT2D eigenvalue weighted by Gasteiger charge is 2.11. The van der Waals surface area contributed by atoms with Gasteiger partial charge in [0.25, 0.3) is 5.56 Å². The van der Waals surface area contributed by atoms with Crippen LogP contribution in [0, 0.1) is 13.8 Å². The molecule has 0 fully saturated rings. The number of rotatable bonds is 6. The summed E-state index contributed by atoms with van der Waals surface area (Å²) in [4.78, 5) is 31.0. The zero-order valence-electron chi connectivity index (χ0n) is 14.2. The van der Waals surface area contributed by atoms with Crippen molar-refractivity contribution < 1.29 is 14.3 Å². The summed E-state index contributed by atoms with van der Waals surface area (Å²) < 4.78 is 10.3. The second kappa shape index (κ2) is 7.63. The van der Waals surface area contributed by atoms with Crippen LogP contribution in [0.3, 0.4) is 0 Å². The molecule has 0 saturated carbocycles. The van der Waals surface area contributed by atoms with Crippen LogP contribution < -0.4 is 20.3 Å². The smallest absolute Gasteiger partial charge is 0.254 e. The van der Waals surface area contributed by atoms with Gasteiger partial charge in [0.05, 0.1) is 14.2 Å². The minimum atomic E-state index is -0.204. The highest BCUT2D eigenvalue weighted by molar-refractivity contribution is 5.91. The molecule has 0 aliphatic heterocycles. The molecule has 0 radical (unpaired) electrons. The number of aromatic nitrogens is 2. The Bertz CT molecular complexity index is 777. The summed E-state index contributed by atoms with van der Waals surface area (Å²) in [6, 6.07) is 5.12. The Kier molecular flexibility index (Phi) is 5.57. The fourth-order valence-electron chi connectivity index (χ4n) is 2.39. The predicted molar refractivity (Wildman–Crippen MR) is 90.8 cm³/mol. The minimum Gasteiger partial charge on any atom is -0.497 e. The molecule has 2 rings (SSSR count). The van der Waals surface area contributed by atoms with Gasteiger partial charge < -0.3 is 19.8 Å². The molecule has 2 N–H and O–H groups in total. The van der Waals surface area contributed by atoms with Crippen molar-refractivity contribution >= 4 is 11.6 Å². The molecular weight excluding hydrogens is 310 g/mol. The molecule has 0 aliphatic rings. The lowest BCUT2D eigenvalue weighted by molar-refractivity contribution is -0.116. The molecule has 0 atom stereocenters. The van der Waals surface area contributed by atoms with Crippen LogP contribution in [-0.4, -0.2) is 30.1 Å². The maximum Gasteiger partial charge on any atom is 0.254 e. The lowest BCUT2D eigenvalue weighted by Crippen LogP contribution is -2.20. The number of methoxy groups -OCH3 is 2. The van der Waals surface area contributed by atoms with E-state index in [2.05, 4.69) is 15.3 Å². The molecule has 7 heteroatoms. The first kappa shape index (κ1) is 17.5. The molecule has 1 aromatic carbocycles. The first-order chi connectivity index (χ1) is 11.4. The number of ether oxygens (including phenoxy) is 2. The third-order valence-corrected chi connectivity index (χ3v) is 3.58. The summed E-state index contributed by atoms with van der Waals surface area (Å²) in [6.45, 7) is 3.49. The number of hydrogen-bond donors (Lipinski definition) is 2. The number of carbonyl (C=O) groups excluding carboxylic acids is 1. The maximum absolute atomic E-state index is 12.1. The topological polar surface area (TPSA) is 93.3 Å². The molecule has 0 saturated heterocycles. The number of amides is 1. The fourth-order valence-corrected chi connectivity index (χ4v) is 2.39. The van der Waals surface area contributed by atoms with Gasteiger partial charge in [-0.3, -0.25) is 9.59 Å². The van der Waals surface area contributed by atoms with E-state index in [1.807, 2.05) is 0 Å². The third kappa shape index (κ3) is 4.34. The molecule has 128 valence electrons. The second-order valence-electron chi connectivity index (χ2n) is 5.36. The van der Waals surface area contributed by atoms with E-state index in [4.69, 9.17) is 9.47 Å². The number of benzene rings is 1. The number of nitrogens with one attached hydrogen (secondary N) is 2. The van der Waals surface area contributed by atoms with Crippen LogP contribution in [0.15, 0.2) is 23.0 Å². The van der Waals surface area contributed by atoms with Gasteiger partial charge >= 0.3 is 0 Å². The highest BCUT2D eigenvalue weighted by Crippen LogP contribution is 2.25. The molecule has 1 amide bonds. The van der Waals surface area contributed by atoms with Crippen LogP contribution >= 0.6 is 0 Å². The molecule has 7 nitrogen and oxygen atoms in total. The third-order valence-electron chi connectivity index (χ3n) is 3.58. The summed E-state index contributed by atoms with van der Waals surface area (Å²) in [5.74, 6) is 1.53. The van der Waals surface area contributed by atoms with Gasteiger partial charge in [0.15, 0.2) is 0 Å². The van der Waals surface area contributed by atoms with Crippen LogP contribution in [0.5, 0.6) is 11.5 Å². The minimum absolute atomic E-state index is 0.175. The zero-order valence-corrected chi connectivity index (χ0v) is 14.2. The number of nitrogens with zero attached hydrogens (tertiary/aromatic N) is 1. The van der Waals surface area contributed by atoms with E-state index >= 15 is 0 Å². The van der Waals surface area contributed by atoms with Gasteiger partial charge in [0, 0.05) is 41.6 Å². The Hall–Kier alpha value is -2.83. The summed E-state index contributed by atoms with van der Waals surface area (Å²) in [5.41, 5.74) is 1.55. The van der Waals surface area contributed by atoms with Crippen molar-refractivity contribution in [2.45, 2.75) is 26.7 Å². The van der Waals surface area contributed by atoms with Crippen LogP contribution in [0.1, 0.15) is 23.5 Å². The first-order valence-corrected chi connectivity index (χ1v) is 7.52. The lowest BCUT2D eigenvalue weighted by atomic mass is 10.1. The predicted octanol–water partition coefficient (Wildman–Crippen LogP) is 1.98. The Morgan fingerprint density at radius 3 is 2.33 bits per heavy atom. The highest BCUT2D eigenvalue weighted by atomic mass is 16.5. The Balaban J connectivity index is 2.05. The summed E-state index contributed by atoms with van der Waals surface area (Å²) in [7, 11) is 3.08. The standard InChI is InChI=1S/C17H21N3O4/c1-10-15(17(22)19-11(2)18-10)5-6-16(21)20-12-7-13(23-3)9-14(8-12)24-4/h7-9H,5-6H2,1-4H3,(H,20,21)(H,18,19,22). The fraction of sp³-hybridized carbons (Fsp3) is 0.353. The molecule has 2 aromatic rings. The normalized spacial score (nSPS) is 10.3. The van der Waals surface area contributed by atoms with Crippen LogP contribution in [0.25, 0.3) is 0 Å². The van der Waals surface area contributed by atoms with Gasteiger partial charge in [-0.15, -0.1) is 0 Å². The van der Waals surface area contributed by atoms with Crippen LogP contribution in [-0.2, 0) is 11.2 Å². The van der Waals surface area contributed by atoms with Crippen molar-refractivity contribution in [1.29, 1.82) is 0 Å². The van der Waals surface area contributed by atoms with Gasteiger partial charge in [-0.25, -0.2) is 4.98 Å². The number of carbonyl (C=O) groups is 1. The summed E-state index contributed by atoms with van der Waals surface area (Å²) in [6.07, 6.45) is 0.496. The van der Waals surface area contributed by atoms with Gasteiger partial charge in [-0.1, -0.05) is 0 Å². The van der Waals surface area contributed by atoms with Crippen LogP contribution in [0.2, 0.25) is 0 Å². The summed E-state index contributed by atoms with van der Waals surface area (Å²) in [5, 5.41) is 2.78. The molecule has 0 spiro atoms. The molecule has 1 heterocycles.